The predicted octanol–water partition coefficient (Wildman–Crippen LogP) is 11.9. The third-order valence-electron chi connectivity index (χ3n) is 11.6. The minimum atomic E-state index is -0.176. The maximum atomic E-state index is 12.1. The predicted molar refractivity (Wildman–Crippen MR) is 214 cm³/mol. The lowest BCUT2D eigenvalue weighted by atomic mass is 9.70. The third-order valence-corrected chi connectivity index (χ3v) is 11.6. The lowest BCUT2D eigenvalue weighted by molar-refractivity contribution is -0.455. The molecule has 0 spiro atoms. The van der Waals surface area contributed by atoms with Gasteiger partial charge in [0.1, 0.15) is 5.76 Å². The van der Waals surface area contributed by atoms with Crippen molar-refractivity contribution >= 4 is 17.1 Å². The molecular weight excluding hydrogens is 621 g/mol. The standard InChI is InChI=1S/C48H52N2O/c1-46(2,3)38-30-36(26-28-43-47(4,5)39-22-14-16-24-41(39)49(43)32-34-18-10-8-11-19-34)45(51)37(31-38)27-29-44-48(6,7)40-23-15-17-25-42(40)50(44)33-35-20-12-9-13-21-35/h8-29,38H,30-33H2,1-7H3/p+1/b36-26+,43-28+. The van der Waals surface area contributed by atoms with Gasteiger partial charge in [0.15, 0.2) is 12.3 Å². The maximum Gasteiger partial charge on any atom is 0.210 e. The van der Waals surface area contributed by atoms with Crippen LogP contribution in [0.2, 0.25) is 0 Å². The molecule has 7 rings (SSSR count). The van der Waals surface area contributed by atoms with Gasteiger partial charge in [0.2, 0.25) is 5.69 Å². The number of aliphatic hydroxyl groups is 1. The highest BCUT2D eigenvalue weighted by atomic mass is 16.3. The molecule has 2 heterocycles. The van der Waals surface area contributed by atoms with Crippen molar-refractivity contribution in [1.29, 1.82) is 0 Å². The van der Waals surface area contributed by atoms with Crippen LogP contribution in [0.3, 0.4) is 0 Å². The van der Waals surface area contributed by atoms with Crippen LogP contribution in [0.15, 0.2) is 156 Å². The smallest absolute Gasteiger partial charge is 0.210 e. The van der Waals surface area contributed by atoms with Crippen molar-refractivity contribution in [2.45, 2.75) is 85.2 Å². The molecule has 0 radical (unpaired) electrons. The largest absolute Gasteiger partial charge is 0.507 e. The molecule has 0 saturated heterocycles. The van der Waals surface area contributed by atoms with Gasteiger partial charge < -0.3 is 10.0 Å². The average Bonchev–Trinajstić information content (AvgIpc) is 3.46. The molecule has 2 aliphatic heterocycles. The molecule has 51 heavy (non-hydrogen) atoms. The first kappa shape index (κ1) is 34.6. The molecule has 3 nitrogen and oxygen atoms in total. The molecule has 0 fully saturated rings. The highest BCUT2D eigenvalue weighted by Gasteiger charge is 2.44. The van der Waals surface area contributed by atoms with Crippen molar-refractivity contribution < 1.29 is 9.68 Å². The molecule has 4 aromatic rings. The molecule has 0 aromatic heterocycles. The van der Waals surface area contributed by atoms with Crippen LogP contribution in [0.5, 0.6) is 0 Å². The molecule has 3 heteroatoms. The van der Waals surface area contributed by atoms with Crippen LogP contribution in [0.1, 0.15) is 83.6 Å². The number of nitrogens with zero attached hydrogens (tertiary/aromatic N) is 2. The van der Waals surface area contributed by atoms with E-state index >= 15 is 0 Å². The number of para-hydroxylation sites is 2. The summed E-state index contributed by atoms with van der Waals surface area (Å²) >= 11 is 0. The summed E-state index contributed by atoms with van der Waals surface area (Å²) in [5.41, 5.74) is 12.0. The van der Waals surface area contributed by atoms with Crippen molar-refractivity contribution in [3.05, 3.63) is 178 Å². The molecule has 1 atom stereocenters. The van der Waals surface area contributed by atoms with Crippen LogP contribution in [0, 0.1) is 11.3 Å². The van der Waals surface area contributed by atoms with Crippen molar-refractivity contribution in [2.24, 2.45) is 11.3 Å². The van der Waals surface area contributed by atoms with E-state index in [2.05, 4.69) is 191 Å². The van der Waals surface area contributed by atoms with Crippen LogP contribution in [0.4, 0.5) is 11.4 Å². The molecular formula is C48H53N2O+. The molecule has 0 bridgehead atoms. The molecule has 0 saturated carbocycles. The lowest BCUT2D eigenvalue weighted by Gasteiger charge is -2.35. The molecule has 1 N–H and O–H groups in total. The summed E-state index contributed by atoms with van der Waals surface area (Å²) in [6.07, 6.45) is 10.7. The van der Waals surface area contributed by atoms with Gasteiger partial charge in [-0.1, -0.05) is 138 Å². The van der Waals surface area contributed by atoms with E-state index in [9.17, 15) is 5.11 Å². The van der Waals surface area contributed by atoms with Crippen LogP contribution in [-0.4, -0.2) is 15.4 Å². The molecule has 1 aliphatic carbocycles. The number of allylic oxidation sites excluding steroid dienone is 7. The summed E-state index contributed by atoms with van der Waals surface area (Å²) in [6.45, 7) is 17.9. The Balaban J connectivity index is 1.30. The van der Waals surface area contributed by atoms with Crippen molar-refractivity contribution in [3.63, 3.8) is 0 Å². The zero-order valence-corrected chi connectivity index (χ0v) is 31.4. The van der Waals surface area contributed by atoms with E-state index in [1.807, 2.05) is 0 Å². The van der Waals surface area contributed by atoms with Crippen molar-refractivity contribution in [2.75, 3.05) is 4.90 Å². The fourth-order valence-electron chi connectivity index (χ4n) is 8.42. The van der Waals surface area contributed by atoms with Gasteiger partial charge in [0, 0.05) is 46.6 Å². The van der Waals surface area contributed by atoms with Gasteiger partial charge in [-0.15, -0.1) is 0 Å². The van der Waals surface area contributed by atoms with Gasteiger partial charge >= 0.3 is 0 Å². The minimum absolute atomic E-state index is 0.0869. The molecule has 3 aliphatic rings. The summed E-state index contributed by atoms with van der Waals surface area (Å²) < 4.78 is 2.46. The van der Waals surface area contributed by atoms with Crippen LogP contribution in [0.25, 0.3) is 0 Å². The van der Waals surface area contributed by atoms with Crippen LogP contribution in [-0.2, 0) is 23.9 Å². The van der Waals surface area contributed by atoms with Gasteiger partial charge in [-0.25, -0.2) is 0 Å². The fraction of sp³-hybridized carbons (Fsp3) is 0.312. The number of hydrogen-bond donors (Lipinski definition) is 1. The Morgan fingerprint density at radius 3 is 2.00 bits per heavy atom. The zero-order chi connectivity index (χ0) is 36.0. The van der Waals surface area contributed by atoms with Crippen LogP contribution >= 0.6 is 0 Å². The highest BCUT2D eigenvalue weighted by molar-refractivity contribution is 6.03. The zero-order valence-electron chi connectivity index (χ0n) is 31.4. The monoisotopic (exact) mass is 673 g/mol. The number of hydrogen-bond acceptors (Lipinski definition) is 2. The average molecular weight is 674 g/mol. The summed E-state index contributed by atoms with van der Waals surface area (Å²) in [4.78, 5) is 2.46. The van der Waals surface area contributed by atoms with E-state index in [1.54, 1.807) is 0 Å². The van der Waals surface area contributed by atoms with Crippen molar-refractivity contribution in [3.8, 4) is 0 Å². The number of fused-ring (bicyclic) bond motifs is 2. The number of rotatable bonds is 7. The Labute approximate surface area is 305 Å². The summed E-state index contributed by atoms with van der Waals surface area (Å²) in [5.74, 6) is 0.821. The maximum absolute atomic E-state index is 12.1. The Morgan fingerprint density at radius 1 is 0.706 bits per heavy atom. The summed E-state index contributed by atoms with van der Waals surface area (Å²) in [5, 5.41) is 12.1. The highest BCUT2D eigenvalue weighted by Crippen LogP contribution is 2.49. The Bertz CT molecular complexity index is 2080. The Morgan fingerprint density at radius 2 is 1.31 bits per heavy atom. The first-order valence-corrected chi connectivity index (χ1v) is 18.6. The molecule has 4 aromatic carbocycles. The van der Waals surface area contributed by atoms with Gasteiger partial charge in [0.05, 0.1) is 5.41 Å². The Kier molecular flexibility index (Phi) is 9.04. The number of anilines is 1. The topological polar surface area (TPSA) is 26.5 Å². The quantitative estimate of drug-likeness (QED) is 0.198. The van der Waals surface area contributed by atoms with Crippen molar-refractivity contribution in [1.82, 2.24) is 0 Å². The first-order valence-electron chi connectivity index (χ1n) is 18.6. The van der Waals surface area contributed by atoms with Gasteiger partial charge in [0.25, 0.3) is 0 Å². The number of aliphatic hydroxyl groups excluding tert-OH is 1. The normalized spacial score (nSPS) is 21.2. The SMILES string of the molecule is CC1(C)C(/C=C/C2=C(O)C(=C/C=C3/N(Cc4ccccc4)c4ccccc4C3(C)C)/CC(C(C)(C)C)C2)=[N+](Cc2ccccc2)c2ccccc21. The second-order valence-electron chi connectivity index (χ2n) is 16.7. The van der Waals surface area contributed by atoms with E-state index in [-0.39, 0.29) is 16.2 Å². The first-order chi connectivity index (χ1) is 24.4. The lowest BCUT2D eigenvalue weighted by Crippen LogP contribution is -2.28. The molecule has 1 unspecified atom stereocenters. The van der Waals surface area contributed by atoms with Gasteiger partial charge in [-0.3, -0.25) is 0 Å². The second kappa shape index (κ2) is 13.3. The van der Waals surface area contributed by atoms with Gasteiger partial charge in [-0.05, 0) is 78.5 Å². The summed E-state index contributed by atoms with van der Waals surface area (Å²) in [6, 6.07) is 39.0. The van der Waals surface area contributed by atoms with E-state index in [0.29, 0.717) is 11.7 Å². The minimum Gasteiger partial charge on any atom is -0.507 e. The molecule has 260 valence electrons. The van der Waals surface area contributed by atoms with E-state index in [0.717, 1.165) is 37.1 Å². The van der Waals surface area contributed by atoms with Crippen LogP contribution < -0.4 is 4.90 Å². The van der Waals surface area contributed by atoms with E-state index in [4.69, 9.17) is 0 Å². The second-order valence-corrected chi connectivity index (χ2v) is 16.7. The Hall–Kier alpha value is -4.89. The molecule has 0 amide bonds. The fourth-order valence-corrected chi connectivity index (χ4v) is 8.42. The third kappa shape index (κ3) is 6.55. The van der Waals surface area contributed by atoms with Gasteiger partial charge in [-0.2, -0.15) is 4.58 Å². The van der Waals surface area contributed by atoms with E-state index < -0.39 is 0 Å². The summed E-state index contributed by atoms with van der Waals surface area (Å²) in [7, 11) is 0. The number of benzene rings is 4. The van der Waals surface area contributed by atoms with E-state index in [1.165, 1.54) is 45.0 Å².